The van der Waals surface area contributed by atoms with Crippen molar-refractivity contribution in [3.63, 3.8) is 0 Å². The van der Waals surface area contributed by atoms with Crippen LogP contribution in [0.1, 0.15) is 56.3 Å². The van der Waals surface area contributed by atoms with Crippen molar-refractivity contribution in [1.82, 2.24) is 5.32 Å². The van der Waals surface area contributed by atoms with Gasteiger partial charge < -0.3 is 14.8 Å². The van der Waals surface area contributed by atoms with E-state index in [9.17, 15) is 4.79 Å². The van der Waals surface area contributed by atoms with Gasteiger partial charge in [0.2, 0.25) is 0 Å². The van der Waals surface area contributed by atoms with Gasteiger partial charge in [-0.1, -0.05) is 38.3 Å². The Morgan fingerprint density at radius 1 is 1.35 bits per heavy atom. The van der Waals surface area contributed by atoms with Crippen LogP contribution in [0.2, 0.25) is 5.02 Å². The highest BCUT2D eigenvalue weighted by atomic mass is 35.5. The van der Waals surface area contributed by atoms with E-state index < -0.39 is 0 Å². The van der Waals surface area contributed by atoms with Gasteiger partial charge >= 0.3 is 0 Å². The zero-order valence-corrected chi connectivity index (χ0v) is 14.9. The highest BCUT2D eigenvalue weighted by Crippen LogP contribution is 2.36. The maximum Gasteiger partial charge on any atom is 0.251 e. The maximum atomic E-state index is 12.4. The van der Waals surface area contributed by atoms with E-state index >= 15 is 0 Å². The predicted molar refractivity (Wildman–Crippen MR) is 92.7 cm³/mol. The largest absolute Gasteiger partial charge is 0.493 e. The van der Waals surface area contributed by atoms with Crippen molar-refractivity contribution in [3.05, 3.63) is 22.7 Å². The third-order valence-electron chi connectivity index (χ3n) is 4.12. The van der Waals surface area contributed by atoms with Gasteiger partial charge in [-0.3, -0.25) is 4.79 Å². The standard InChI is InChI=1S/C18H26ClNO3/c1-12(2)8-9-23-17-15(19)10-13(11-16(17)22-3)18(21)20-14-6-4-5-7-14/h10-12,14H,4-9H2,1-3H3,(H,20,21). The molecule has 5 heteroatoms. The maximum absolute atomic E-state index is 12.4. The van der Waals surface area contributed by atoms with Crippen molar-refractivity contribution >= 4 is 17.5 Å². The summed E-state index contributed by atoms with van der Waals surface area (Å²) in [7, 11) is 1.56. The van der Waals surface area contributed by atoms with E-state index in [2.05, 4.69) is 19.2 Å². The van der Waals surface area contributed by atoms with Crippen molar-refractivity contribution in [1.29, 1.82) is 0 Å². The Labute approximate surface area is 143 Å². The Bertz CT molecular complexity index is 539. The number of benzene rings is 1. The lowest BCUT2D eigenvalue weighted by molar-refractivity contribution is 0.0937. The smallest absolute Gasteiger partial charge is 0.251 e. The summed E-state index contributed by atoms with van der Waals surface area (Å²) in [4.78, 5) is 12.4. The molecule has 1 fully saturated rings. The summed E-state index contributed by atoms with van der Waals surface area (Å²) in [6.07, 6.45) is 5.39. The van der Waals surface area contributed by atoms with Crippen molar-refractivity contribution in [2.24, 2.45) is 5.92 Å². The third-order valence-corrected chi connectivity index (χ3v) is 4.40. The van der Waals surface area contributed by atoms with Gasteiger partial charge in [0.15, 0.2) is 11.5 Å². The molecule has 0 aliphatic heterocycles. The fourth-order valence-electron chi connectivity index (χ4n) is 2.73. The fraction of sp³-hybridized carbons (Fsp3) is 0.611. The molecular formula is C18H26ClNO3. The van der Waals surface area contributed by atoms with Crippen LogP contribution in [0.5, 0.6) is 11.5 Å². The van der Waals surface area contributed by atoms with Crippen LogP contribution in [-0.4, -0.2) is 25.7 Å². The third kappa shape index (κ3) is 5.03. The van der Waals surface area contributed by atoms with Crippen molar-refractivity contribution in [2.45, 2.75) is 52.0 Å². The van der Waals surface area contributed by atoms with Crippen LogP contribution in [0, 0.1) is 5.92 Å². The molecule has 0 atom stereocenters. The summed E-state index contributed by atoms with van der Waals surface area (Å²) in [6, 6.07) is 3.62. The number of ether oxygens (including phenoxy) is 2. The van der Waals surface area contributed by atoms with E-state index in [4.69, 9.17) is 21.1 Å². The molecule has 2 rings (SSSR count). The molecule has 0 unspecified atom stereocenters. The van der Waals surface area contributed by atoms with Gasteiger partial charge in [-0.2, -0.15) is 0 Å². The molecule has 1 aromatic rings. The summed E-state index contributed by atoms with van der Waals surface area (Å²) in [5, 5.41) is 3.46. The van der Waals surface area contributed by atoms with Gasteiger partial charge in [-0.05, 0) is 37.3 Å². The Hall–Kier alpha value is -1.42. The fourth-order valence-corrected chi connectivity index (χ4v) is 2.99. The average molecular weight is 340 g/mol. The zero-order chi connectivity index (χ0) is 16.8. The lowest BCUT2D eigenvalue weighted by Gasteiger charge is -2.16. The summed E-state index contributed by atoms with van der Waals surface area (Å²) >= 11 is 6.30. The Balaban J connectivity index is 2.09. The lowest BCUT2D eigenvalue weighted by atomic mass is 10.1. The van der Waals surface area contributed by atoms with Gasteiger partial charge in [0.05, 0.1) is 18.7 Å². The van der Waals surface area contributed by atoms with Crippen molar-refractivity contribution < 1.29 is 14.3 Å². The first-order chi connectivity index (χ1) is 11.0. The highest BCUT2D eigenvalue weighted by Gasteiger charge is 2.20. The number of carbonyl (C=O) groups excluding carboxylic acids is 1. The van der Waals surface area contributed by atoms with Crippen LogP contribution in [0.15, 0.2) is 12.1 Å². The molecule has 1 aromatic carbocycles. The molecule has 1 aliphatic carbocycles. The second kappa shape index (κ2) is 8.44. The number of hydrogen-bond donors (Lipinski definition) is 1. The molecule has 0 bridgehead atoms. The molecule has 1 aliphatic rings. The van der Waals surface area contributed by atoms with E-state index in [1.165, 1.54) is 12.8 Å². The second-order valence-electron chi connectivity index (χ2n) is 6.48. The van der Waals surface area contributed by atoms with Gasteiger partial charge in [0.25, 0.3) is 5.91 Å². The summed E-state index contributed by atoms with van der Waals surface area (Å²) in [6.45, 7) is 4.85. The number of methoxy groups -OCH3 is 1. The van der Waals surface area contributed by atoms with E-state index in [1.807, 2.05) is 0 Å². The number of halogens is 1. The molecule has 1 amide bonds. The minimum absolute atomic E-state index is 0.106. The van der Waals surface area contributed by atoms with Crippen LogP contribution < -0.4 is 14.8 Å². The number of hydrogen-bond acceptors (Lipinski definition) is 3. The molecule has 0 radical (unpaired) electrons. The van der Waals surface area contributed by atoms with E-state index in [-0.39, 0.29) is 11.9 Å². The Kier molecular flexibility index (Phi) is 6.58. The molecule has 0 aromatic heterocycles. The molecular weight excluding hydrogens is 314 g/mol. The molecule has 1 saturated carbocycles. The van der Waals surface area contributed by atoms with Crippen molar-refractivity contribution in [3.8, 4) is 11.5 Å². The predicted octanol–water partition coefficient (Wildman–Crippen LogP) is 4.45. The highest BCUT2D eigenvalue weighted by molar-refractivity contribution is 6.32. The zero-order valence-electron chi connectivity index (χ0n) is 14.2. The van der Waals surface area contributed by atoms with Crippen LogP contribution in [0.4, 0.5) is 0 Å². The quantitative estimate of drug-likeness (QED) is 0.798. The minimum atomic E-state index is -0.106. The summed E-state index contributed by atoms with van der Waals surface area (Å²) < 4.78 is 11.1. The summed E-state index contributed by atoms with van der Waals surface area (Å²) in [5.41, 5.74) is 0.509. The minimum Gasteiger partial charge on any atom is -0.493 e. The Morgan fingerprint density at radius 3 is 2.65 bits per heavy atom. The number of amides is 1. The summed E-state index contributed by atoms with van der Waals surface area (Å²) in [5.74, 6) is 1.45. The molecule has 1 N–H and O–H groups in total. The molecule has 0 saturated heterocycles. The molecule has 0 spiro atoms. The van der Waals surface area contributed by atoms with Crippen molar-refractivity contribution in [2.75, 3.05) is 13.7 Å². The van der Waals surface area contributed by atoms with Gasteiger partial charge in [0, 0.05) is 11.6 Å². The number of carbonyl (C=O) groups is 1. The van der Waals surface area contributed by atoms with E-state index in [1.54, 1.807) is 19.2 Å². The first-order valence-electron chi connectivity index (χ1n) is 8.32. The van der Waals surface area contributed by atoms with Crippen LogP contribution in [0.25, 0.3) is 0 Å². The molecule has 4 nitrogen and oxygen atoms in total. The van der Waals surface area contributed by atoms with E-state index in [0.29, 0.717) is 34.6 Å². The van der Waals surface area contributed by atoms with E-state index in [0.717, 1.165) is 19.3 Å². The Morgan fingerprint density at radius 2 is 2.04 bits per heavy atom. The van der Waals surface area contributed by atoms with Gasteiger partial charge in [-0.25, -0.2) is 0 Å². The SMILES string of the molecule is COc1cc(C(=O)NC2CCCC2)cc(Cl)c1OCCC(C)C. The van der Waals surface area contributed by atoms with Gasteiger partial charge in [-0.15, -0.1) is 0 Å². The first kappa shape index (κ1) is 17.9. The normalized spacial score (nSPS) is 15.0. The molecule has 23 heavy (non-hydrogen) atoms. The monoisotopic (exact) mass is 339 g/mol. The molecule has 128 valence electrons. The van der Waals surface area contributed by atoms with Crippen LogP contribution in [-0.2, 0) is 0 Å². The van der Waals surface area contributed by atoms with Gasteiger partial charge in [0.1, 0.15) is 0 Å². The van der Waals surface area contributed by atoms with Crippen LogP contribution >= 0.6 is 11.6 Å². The lowest BCUT2D eigenvalue weighted by Crippen LogP contribution is -2.32. The average Bonchev–Trinajstić information content (AvgIpc) is 3.00. The topological polar surface area (TPSA) is 47.6 Å². The first-order valence-corrected chi connectivity index (χ1v) is 8.70. The van der Waals surface area contributed by atoms with Crippen LogP contribution in [0.3, 0.4) is 0 Å². The number of rotatable bonds is 7. The number of nitrogens with one attached hydrogen (secondary N) is 1. The second-order valence-corrected chi connectivity index (χ2v) is 6.88. The molecule has 0 heterocycles.